The summed E-state index contributed by atoms with van der Waals surface area (Å²) in [5.41, 5.74) is 7.41. The summed E-state index contributed by atoms with van der Waals surface area (Å²) >= 11 is 0. The molecule has 232 valence electrons. The van der Waals surface area contributed by atoms with E-state index >= 15 is 0 Å². The number of hydrogen-bond acceptors (Lipinski definition) is 7. The van der Waals surface area contributed by atoms with Crippen LogP contribution in [0.5, 0.6) is 0 Å². The summed E-state index contributed by atoms with van der Waals surface area (Å²) in [7, 11) is -0.316. The van der Waals surface area contributed by atoms with Crippen LogP contribution in [-0.2, 0) is 0 Å². The quantitative estimate of drug-likeness (QED) is 0.189. The number of rotatable bonds is 2. The van der Waals surface area contributed by atoms with Crippen molar-refractivity contribution in [1.82, 2.24) is 23.6 Å². The van der Waals surface area contributed by atoms with E-state index in [9.17, 15) is 0 Å². The third kappa shape index (κ3) is 3.93. The van der Waals surface area contributed by atoms with E-state index in [1.807, 2.05) is 24.6 Å². The van der Waals surface area contributed by atoms with Crippen molar-refractivity contribution in [2.24, 2.45) is 10.0 Å². The molecule has 0 bridgehead atoms. The van der Waals surface area contributed by atoms with Gasteiger partial charge >= 0.3 is 28.1 Å². The van der Waals surface area contributed by atoms with Gasteiger partial charge in [0.25, 0.3) is 0 Å². The van der Waals surface area contributed by atoms with Crippen LogP contribution in [0.15, 0.2) is 166 Å². The van der Waals surface area contributed by atoms with E-state index in [0.717, 1.165) is 38.8 Å². The van der Waals surface area contributed by atoms with Crippen LogP contribution in [0.1, 0.15) is 5.56 Å². The number of nitrogens with zero attached hydrogens (tertiary/aromatic N) is 7. The van der Waals surface area contributed by atoms with Crippen molar-refractivity contribution in [1.29, 1.82) is 0 Å². The lowest BCUT2D eigenvalue weighted by Crippen LogP contribution is -2.73. The molecule has 4 aromatic carbocycles. The summed E-state index contributed by atoms with van der Waals surface area (Å²) < 4.78 is 16.1. The number of hydrogen-bond donors (Lipinski definition) is 0. The third-order valence-corrected chi connectivity index (χ3v) is 10.5. The Labute approximate surface area is 290 Å². The summed E-state index contributed by atoms with van der Waals surface area (Å²) in [5.74, 6) is 6.75. The first-order valence-corrected chi connectivity index (χ1v) is 17.0. The number of hydrazone groups is 1. The SMILES string of the molecule is C1=CB2N3C=CC(c4cccc5c4oc4ccc(-n6c7ccccc7c7ccccc76)cc45)=CB3N3C=CC=NB3N3N=CC=CB3N2C=C1. The van der Waals surface area contributed by atoms with Gasteiger partial charge in [-0.25, -0.2) is 5.10 Å². The Bertz CT molecular complexity index is 2570. The van der Waals surface area contributed by atoms with Crippen molar-refractivity contribution in [2.75, 3.05) is 0 Å². The van der Waals surface area contributed by atoms with Gasteiger partial charge in [0.15, 0.2) is 0 Å². The Morgan fingerprint density at radius 2 is 1.38 bits per heavy atom. The summed E-state index contributed by atoms with van der Waals surface area (Å²) in [6.45, 7) is -0.245. The van der Waals surface area contributed by atoms with E-state index < -0.39 is 0 Å². The van der Waals surface area contributed by atoms with Crippen LogP contribution in [0, 0.1) is 0 Å². The average Bonchev–Trinajstić information content (AvgIpc) is 3.73. The monoisotopic (exact) mass is 641 g/mol. The van der Waals surface area contributed by atoms with Gasteiger partial charge in [-0.15, -0.1) is 0 Å². The Morgan fingerprint density at radius 3 is 2.26 bits per heavy atom. The molecule has 0 amide bonds. The molecular weight excluding hydrogens is 614 g/mol. The van der Waals surface area contributed by atoms with Crippen LogP contribution in [0.4, 0.5) is 0 Å². The molecule has 1 saturated heterocycles. The van der Waals surface area contributed by atoms with E-state index in [4.69, 9.17) is 14.4 Å². The second-order valence-corrected chi connectivity index (χ2v) is 13.1. The minimum atomic E-state index is -0.316. The van der Waals surface area contributed by atoms with Gasteiger partial charge in [-0.1, -0.05) is 84.7 Å². The molecule has 0 spiro atoms. The number of aromatic nitrogens is 1. The van der Waals surface area contributed by atoms with Gasteiger partial charge in [-0.2, -0.15) is 0 Å². The normalized spacial score (nSPS) is 17.6. The number of benzene rings is 4. The topological polar surface area (TPSA) is 55.8 Å². The minimum Gasteiger partial charge on any atom is -0.455 e. The molecular formula is C38H27B4N7O. The molecule has 5 aliphatic heterocycles. The first-order chi connectivity index (χ1) is 24.8. The molecule has 8 nitrogen and oxygen atoms in total. The lowest BCUT2D eigenvalue weighted by atomic mass is 9.45. The van der Waals surface area contributed by atoms with Crippen molar-refractivity contribution in [3.05, 3.63) is 157 Å². The van der Waals surface area contributed by atoms with Gasteiger partial charge in [-0.3, -0.25) is 0 Å². The number of furan rings is 1. The van der Waals surface area contributed by atoms with Crippen molar-refractivity contribution in [3.63, 3.8) is 0 Å². The van der Waals surface area contributed by atoms with Gasteiger partial charge in [0.05, 0.1) is 11.0 Å². The molecule has 0 unspecified atom stereocenters. The highest BCUT2D eigenvalue weighted by Gasteiger charge is 2.52. The lowest BCUT2D eigenvalue weighted by Gasteiger charge is -2.51. The number of para-hydroxylation sites is 3. The lowest BCUT2D eigenvalue weighted by molar-refractivity contribution is 0.560. The van der Waals surface area contributed by atoms with Crippen molar-refractivity contribution in [2.45, 2.75) is 0 Å². The highest BCUT2D eigenvalue weighted by molar-refractivity contribution is 6.91. The standard InChI is InChI=1S/C38H27B4N7O/c1-3-14-35-31(10-1)32-11-2-4-15-36(32)48(35)29-16-17-37-34(26-29)33-13-7-12-30(38(33)50-37)28-18-25-46-39-19-5-6-23-45(39)40-20-8-22-44-49(40)42-43-21-9-24-47(42)41(46)27-28/h1-27H. The highest BCUT2D eigenvalue weighted by atomic mass is 16.3. The van der Waals surface area contributed by atoms with Gasteiger partial charge in [0, 0.05) is 45.2 Å². The predicted molar refractivity (Wildman–Crippen MR) is 209 cm³/mol. The molecule has 0 N–H and O–H groups in total. The van der Waals surface area contributed by atoms with Crippen LogP contribution < -0.4 is 0 Å². The fourth-order valence-electron chi connectivity index (χ4n) is 8.27. The molecule has 7 heterocycles. The van der Waals surface area contributed by atoms with Gasteiger partial charge in [0.1, 0.15) is 11.2 Å². The molecule has 0 aliphatic carbocycles. The van der Waals surface area contributed by atoms with Crippen LogP contribution in [0.2, 0.25) is 0 Å². The van der Waals surface area contributed by atoms with Gasteiger partial charge in [-0.05, 0) is 72.7 Å². The van der Waals surface area contributed by atoms with E-state index in [-0.39, 0.29) is 28.1 Å². The Kier molecular flexibility index (Phi) is 5.87. The molecule has 11 rings (SSSR count). The zero-order valence-corrected chi connectivity index (χ0v) is 26.9. The molecule has 0 atom stereocenters. The molecule has 12 heteroatoms. The first-order valence-electron chi connectivity index (χ1n) is 17.0. The predicted octanol–water partition coefficient (Wildman–Crippen LogP) is 7.12. The third-order valence-electron chi connectivity index (χ3n) is 10.5. The maximum atomic E-state index is 6.72. The van der Waals surface area contributed by atoms with Gasteiger partial charge < -0.3 is 32.9 Å². The Balaban J connectivity index is 1.05. The Hall–Kier alpha value is -6.28. The summed E-state index contributed by atoms with van der Waals surface area (Å²) in [6, 6.07) is 30.3. The first kappa shape index (κ1) is 27.6. The number of allylic oxidation sites excluding steroid dienone is 6. The summed E-state index contributed by atoms with van der Waals surface area (Å²) in [4.78, 5) is 7.01. The van der Waals surface area contributed by atoms with Crippen LogP contribution in [0.25, 0.3) is 55.0 Å². The maximum absolute atomic E-state index is 6.72. The van der Waals surface area contributed by atoms with Crippen molar-refractivity contribution in [3.8, 4) is 5.69 Å². The van der Waals surface area contributed by atoms with Crippen LogP contribution in [-0.4, -0.2) is 64.1 Å². The van der Waals surface area contributed by atoms with Crippen molar-refractivity contribution < 1.29 is 4.42 Å². The van der Waals surface area contributed by atoms with E-state index in [2.05, 4.69) is 163 Å². The second kappa shape index (κ2) is 10.6. The van der Waals surface area contributed by atoms with E-state index in [1.165, 1.54) is 21.8 Å². The average molecular weight is 641 g/mol. The number of fused-ring (bicyclic) bond motifs is 14. The van der Waals surface area contributed by atoms with E-state index in [0.29, 0.717) is 0 Å². The maximum Gasteiger partial charge on any atom is 0.517 e. The fraction of sp³-hybridized carbons (Fsp3) is 0. The molecule has 0 saturated carbocycles. The largest absolute Gasteiger partial charge is 0.517 e. The van der Waals surface area contributed by atoms with Gasteiger partial charge in [0.2, 0.25) is 0 Å². The molecule has 0 radical (unpaired) electrons. The van der Waals surface area contributed by atoms with Crippen LogP contribution in [0.3, 0.4) is 0 Å². The second-order valence-electron chi connectivity index (χ2n) is 13.1. The smallest absolute Gasteiger partial charge is 0.455 e. The van der Waals surface area contributed by atoms with Crippen LogP contribution >= 0.6 is 0 Å². The summed E-state index contributed by atoms with van der Waals surface area (Å²) in [6.07, 6.45) is 20.7. The van der Waals surface area contributed by atoms with Crippen molar-refractivity contribution >= 4 is 89.8 Å². The Morgan fingerprint density at radius 1 is 0.600 bits per heavy atom. The fourth-order valence-corrected chi connectivity index (χ4v) is 8.27. The molecule has 6 aromatic rings. The van der Waals surface area contributed by atoms with E-state index in [1.54, 1.807) is 0 Å². The molecule has 50 heavy (non-hydrogen) atoms. The molecule has 5 aliphatic rings. The zero-order chi connectivity index (χ0) is 32.8. The minimum absolute atomic E-state index is 0.0222. The molecule has 1 fully saturated rings. The summed E-state index contributed by atoms with van der Waals surface area (Å²) in [5, 5.41) is 9.52. The molecule has 2 aromatic heterocycles. The highest BCUT2D eigenvalue weighted by Crippen LogP contribution is 2.39. The zero-order valence-electron chi connectivity index (χ0n) is 26.9.